The largest absolute Gasteiger partial charge is 0.497 e. The van der Waals surface area contributed by atoms with Crippen LogP contribution in [0.3, 0.4) is 0 Å². The van der Waals surface area contributed by atoms with E-state index < -0.39 is 5.82 Å². The normalized spacial score (nSPS) is 11.1. The number of methoxy groups -OCH3 is 2. The molecule has 0 bridgehead atoms. The van der Waals surface area contributed by atoms with Gasteiger partial charge < -0.3 is 14.0 Å². The lowest BCUT2D eigenvalue weighted by atomic mass is 10.0. The highest BCUT2D eigenvalue weighted by Crippen LogP contribution is 2.37. The minimum Gasteiger partial charge on any atom is -0.497 e. The van der Waals surface area contributed by atoms with E-state index >= 15 is 4.39 Å². The number of nitrogens with zero attached hydrogens (tertiary/aromatic N) is 1. The molecule has 4 nitrogen and oxygen atoms in total. The molecule has 4 aromatic carbocycles. The number of aromatic nitrogens is 1. The summed E-state index contributed by atoms with van der Waals surface area (Å²) in [7, 11) is 3.22. The molecule has 0 N–H and O–H groups in total. The maximum Gasteiger partial charge on any atom is 0.193 e. The number of carbonyl (C=O) groups excluding carboxylic acids is 1. The first kappa shape index (κ1) is 19.8. The Morgan fingerprint density at radius 1 is 0.719 bits per heavy atom. The van der Waals surface area contributed by atoms with Crippen LogP contribution in [0.4, 0.5) is 4.39 Å². The van der Waals surface area contributed by atoms with Crippen molar-refractivity contribution in [1.29, 1.82) is 0 Å². The van der Waals surface area contributed by atoms with Crippen molar-refractivity contribution >= 4 is 27.6 Å². The second-order valence-electron chi connectivity index (χ2n) is 7.46. The summed E-state index contributed by atoms with van der Waals surface area (Å²) in [5, 5.41) is 1.80. The minimum absolute atomic E-state index is 0.157. The van der Waals surface area contributed by atoms with Crippen molar-refractivity contribution in [2.75, 3.05) is 14.2 Å². The van der Waals surface area contributed by atoms with Crippen LogP contribution in [0.2, 0.25) is 0 Å². The number of benzene rings is 4. The highest BCUT2D eigenvalue weighted by atomic mass is 19.1. The van der Waals surface area contributed by atoms with Gasteiger partial charge in [-0.1, -0.05) is 30.3 Å². The van der Waals surface area contributed by atoms with Crippen molar-refractivity contribution in [3.8, 4) is 17.2 Å². The Morgan fingerprint density at radius 3 is 1.88 bits per heavy atom. The molecule has 158 valence electrons. The van der Waals surface area contributed by atoms with E-state index in [0.717, 1.165) is 21.8 Å². The molecule has 0 aliphatic carbocycles. The second kappa shape index (κ2) is 7.85. The summed E-state index contributed by atoms with van der Waals surface area (Å²) in [5.74, 6) is 0.830. The van der Waals surface area contributed by atoms with E-state index in [1.807, 2.05) is 59.2 Å². The molecule has 5 heteroatoms. The highest BCUT2D eigenvalue weighted by Gasteiger charge is 2.18. The van der Waals surface area contributed by atoms with Gasteiger partial charge in [-0.2, -0.15) is 0 Å². The Morgan fingerprint density at radius 2 is 1.31 bits per heavy atom. The van der Waals surface area contributed by atoms with E-state index in [-0.39, 0.29) is 5.78 Å². The minimum atomic E-state index is -0.417. The van der Waals surface area contributed by atoms with Crippen LogP contribution in [0, 0.1) is 5.82 Å². The Balaban J connectivity index is 1.78. The molecule has 5 rings (SSSR count). The molecule has 0 radical (unpaired) electrons. The molecule has 32 heavy (non-hydrogen) atoms. The van der Waals surface area contributed by atoms with Gasteiger partial charge in [0.05, 0.1) is 30.9 Å². The standard InChI is InChI=1S/C27H20FNO3/c1-31-19-9-12-24-21(15-19)22-16-20(32-2)10-13-25(22)29(24)26-14-18(8-11-23(26)28)27(30)17-6-4-3-5-7-17/h3-16H,1-2H3. The number of fused-ring (bicyclic) bond motifs is 3. The average molecular weight is 425 g/mol. The van der Waals surface area contributed by atoms with Crippen LogP contribution >= 0.6 is 0 Å². The van der Waals surface area contributed by atoms with Crippen LogP contribution in [0.5, 0.6) is 11.5 Å². The van der Waals surface area contributed by atoms with Gasteiger partial charge in [-0.05, 0) is 54.6 Å². The van der Waals surface area contributed by atoms with Gasteiger partial charge in [0, 0.05) is 21.9 Å². The fourth-order valence-corrected chi connectivity index (χ4v) is 4.08. The van der Waals surface area contributed by atoms with Crippen LogP contribution in [0.15, 0.2) is 84.9 Å². The van der Waals surface area contributed by atoms with Crippen molar-refractivity contribution in [1.82, 2.24) is 4.57 Å². The third kappa shape index (κ3) is 3.19. The third-order valence-electron chi connectivity index (χ3n) is 5.66. The van der Waals surface area contributed by atoms with Gasteiger partial charge in [-0.25, -0.2) is 4.39 Å². The molecule has 0 saturated heterocycles. The smallest absolute Gasteiger partial charge is 0.193 e. The molecule has 0 atom stereocenters. The van der Waals surface area contributed by atoms with Crippen molar-refractivity contribution < 1.29 is 18.7 Å². The molecule has 0 unspecified atom stereocenters. The number of ether oxygens (including phenoxy) is 2. The fourth-order valence-electron chi connectivity index (χ4n) is 4.08. The molecular weight excluding hydrogens is 405 g/mol. The van der Waals surface area contributed by atoms with Crippen molar-refractivity contribution in [3.63, 3.8) is 0 Å². The van der Waals surface area contributed by atoms with E-state index in [1.165, 1.54) is 12.1 Å². The number of halogens is 1. The summed E-state index contributed by atoms with van der Waals surface area (Å²) in [6.45, 7) is 0. The Hall–Kier alpha value is -4.12. The van der Waals surface area contributed by atoms with Gasteiger partial charge in [0.2, 0.25) is 0 Å². The van der Waals surface area contributed by atoms with Crippen LogP contribution in [-0.4, -0.2) is 24.6 Å². The summed E-state index contributed by atoms with van der Waals surface area (Å²) >= 11 is 0. The van der Waals surface area contributed by atoms with Crippen molar-refractivity contribution in [2.45, 2.75) is 0 Å². The molecule has 0 aliphatic heterocycles. The van der Waals surface area contributed by atoms with Gasteiger partial charge in [0.15, 0.2) is 5.78 Å². The zero-order valence-corrected chi connectivity index (χ0v) is 17.6. The number of rotatable bonds is 5. The second-order valence-corrected chi connectivity index (χ2v) is 7.46. The van der Waals surface area contributed by atoms with E-state index in [1.54, 1.807) is 32.4 Å². The van der Waals surface area contributed by atoms with Crippen LogP contribution in [0.25, 0.3) is 27.5 Å². The summed E-state index contributed by atoms with van der Waals surface area (Å²) in [6, 6.07) is 24.8. The zero-order chi connectivity index (χ0) is 22.2. The maximum absolute atomic E-state index is 15.2. The van der Waals surface area contributed by atoms with E-state index in [4.69, 9.17) is 9.47 Å². The van der Waals surface area contributed by atoms with Gasteiger partial charge in [-0.3, -0.25) is 4.79 Å². The molecule has 0 saturated carbocycles. The first-order valence-corrected chi connectivity index (χ1v) is 10.2. The van der Waals surface area contributed by atoms with Crippen LogP contribution in [-0.2, 0) is 0 Å². The fraction of sp³-hybridized carbons (Fsp3) is 0.0741. The number of carbonyl (C=O) groups is 1. The van der Waals surface area contributed by atoms with Crippen LogP contribution < -0.4 is 9.47 Å². The topological polar surface area (TPSA) is 40.5 Å². The average Bonchev–Trinajstić information content (AvgIpc) is 3.17. The lowest BCUT2D eigenvalue weighted by Crippen LogP contribution is -2.05. The summed E-state index contributed by atoms with van der Waals surface area (Å²) in [5.41, 5.74) is 2.89. The lowest BCUT2D eigenvalue weighted by molar-refractivity contribution is 0.103. The zero-order valence-electron chi connectivity index (χ0n) is 17.6. The van der Waals surface area contributed by atoms with Gasteiger partial charge in [0.1, 0.15) is 17.3 Å². The summed E-state index contributed by atoms with van der Waals surface area (Å²) in [6.07, 6.45) is 0. The highest BCUT2D eigenvalue weighted by molar-refractivity contribution is 6.11. The van der Waals surface area contributed by atoms with Gasteiger partial charge in [-0.15, -0.1) is 0 Å². The molecule has 1 aromatic heterocycles. The number of hydrogen-bond acceptors (Lipinski definition) is 3. The first-order valence-electron chi connectivity index (χ1n) is 10.2. The van der Waals surface area contributed by atoms with Gasteiger partial charge >= 0.3 is 0 Å². The molecule has 0 spiro atoms. The Bertz CT molecular complexity index is 1410. The predicted molar refractivity (Wildman–Crippen MR) is 124 cm³/mol. The predicted octanol–water partition coefficient (Wildman–Crippen LogP) is 6.17. The van der Waals surface area contributed by atoms with Gasteiger partial charge in [0.25, 0.3) is 0 Å². The molecule has 5 aromatic rings. The molecule has 0 aliphatic rings. The lowest BCUT2D eigenvalue weighted by Gasteiger charge is -2.11. The summed E-state index contributed by atoms with van der Waals surface area (Å²) < 4.78 is 27.8. The molecule has 1 heterocycles. The van der Waals surface area contributed by atoms with Crippen molar-refractivity contribution in [2.24, 2.45) is 0 Å². The van der Waals surface area contributed by atoms with E-state index in [9.17, 15) is 4.79 Å². The maximum atomic E-state index is 15.2. The SMILES string of the molecule is COc1ccc2c(c1)c1cc(OC)ccc1n2-c1cc(C(=O)c2ccccc2)ccc1F. The van der Waals surface area contributed by atoms with Crippen LogP contribution in [0.1, 0.15) is 15.9 Å². The Kier molecular flexibility index (Phi) is 4.86. The molecular formula is C27H20FNO3. The summed E-state index contributed by atoms with van der Waals surface area (Å²) in [4.78, 5) is 13.0. The third-order valence-corrected chi connectivity index (χ3v) is 5.66. The first-order chi connectivity index (χ1) is 15.6. The quantitative estimate of drug-likeness (QED) is 0.316. The van der Waals surface area contributed by atoms with E-state index in [2.05, 4.69) is 0 Å². The number of hydrogen-bond donors (Lipinski definition) is 0. The monoisotopic (exact) mass is 425 g/mol. The molecule has 0 amide bonds. The van der Waals surface area contributed by atoms with E-state index in [0.29, 0.717) is 28.3 Å². The number of ketones is 1. The van der Waals surface area contributed by atoms with Crippen molar-refractivity contribution in [3.05, 3.63) is 102 Å². The Labute approximate surface area is 184 Å². The molecule has 0 fully saturated rings.